The van der Waals surface area contributed by atoms with Crippen molar-refractivity contribution < 1.29 is 9.59 Å². The van der Waals surface area contributed by atoms with Crippen molar-refractivity contribution in [2.75, 3.05) is 0 Å². The minimum atomic E-state index is -0.608. The van der Waals surface area contributed by atoms with Gasteiger partial charge in [0.15, 0.2) is 0 Å². The van der Waals surface area contributed by atoms with Gasteiger partial charge in [-0.1, -0.05) is 46.5 Å². The SMILES string of the molecule is CCC(C)C(C)N1C(=O)C2(CCCCC2)NC(=O)C1CC. The summed E-state index contributed by atoms with van der Waals surface area (Å²) in [4.78, 5) is 27.7. The van der Waals surface area contributed by atoms with Gasteiger partial charge in [-0.2, -0.15) is 0 Å². The van der Waals surface area contributed by atoms with Gasteiger partial charge >= 0.3 is 0 Å². The first kappa shape index (κ1) is 16.3. The Bertz CT molecular complexity index is 402. The van der Waals surface area contributed by atoms with Crippen LogP contribution in [0.3, 0.4) is 0 Å². The molecule has 2 amide bonds. The van der Waals surface area contributed by atoms with Gasteiger partial charge in [0.2, 0.25) is 11.8 Å². The van der Waals surface area contributed by atoms with Gasteiger partial charge in [-0.3, -0.25) is 9.59 Å². The van der Waals surface area contributed by atoms with Gasteiger partial charge in [0.1, 0.15) is 11.6 Å². The molecule has 120 valence electrons. The van der Waals surface area contributed by atoms with Gasteiger partial charge in [0.05, 0.1) is 0 Å². The summed E-state index contributed by atoms with van der Waals surface area (Å²) in [5.41, 5.74) is -0.608. The summed E-state index contributed by atoms with van der Waals surface area (Å²) in [5.74, 6) is 0.630. The second-order valence-corrected chi connectivity index (χ2v) is 6.89. The van der Waals surface area contributed by atoms with Crippen LogP contribution < -0.4 is 5.32 Å². The zero-order chi connectivity index (χ0) is 15.6. The molecule has 3 unspecified atom stereocenters. The number of piperazine rings is 1. The van der Waals surface area contributed by atoms with Crippen molar-refractivity contribution in [2.24, 2.45) is 5.92 Å². The lowest BCUT2D eigenvalue weighted by Gasteiger charge is -2.50. The molecular weight excluding hydrogens is 264 g/mol. The van der Waals surface area contributed by atoms with Crippen LogP contribution in [0.25, 0.3) is 0 Å². The fraction of sp³-hybridized carbons (Fsp3) is 0.882. The normalized spacial score (nSPS) is 28.4. The van der Waals surface area contributed by atoms with Gasteiger partial charge in [0, 0.05) is 6.04 Å². The molecule has 2 rings (SSSR count). The third kappa shape index (κ3) is 2.82. The highest BCUT2D eigenvalue weighted by atomic mass is 16.2. The number of hydrogen-bond acceptors (Lipinski definition) is 2. The van der Waals surface area contributed by atoms with Crippen LogP contribution in [0.5, 0.6) is 0 Å². The molecular formula is C17H30N2O2. The number of nitrogens with zero attached hydrogens (tertiary/aromatic N) is 1. The predicted molar refractivity (Wildman–Crippen MR) is 83.8 cm³/mol. The Morgan fingerprint density at radius 3 is 2.33 bits per heavy atom. The molecule has 2 aliphatic rings. The van der Waals surface area contributed by atoms with Crippen molar-refractivity contribution in [3.05, 3.63) is 0 Å². The third-order valence-electron chi connectivity index (χ3n) is 5.64. The van der Waals surface area contributed by atoms with Crippen molar-refractivity contribution in [3.63, 3.8) is 0 Å². The maximum absolute atomic E-state index is 13.2. The summed E-state index contributed by atoms with van der Waals surface area (Å²) >= 11 is 0. The Morgan fingerprint density at radius 2 is 1.81 bits per heavy atom. The smallest absolute Gasteiger partial charge is 0.249 e. The Hall–Kier alpha value is -1.06. The lowest BCUT2D eigenvalue weighted by Crippen LogP contribution is -2.72. The number of carbonyl (C=O) groups excluding carboxylic acids is 2. The van der Waals surface area contributed by atoms with Crippen LogP contribution >= 0.6 is 0 Å². The van der Waals surface area contributed by atoms with Gasteiger partial charge in [-0.25, -0.2) is 0 Å². The van der Waals surface area contributed by atoms with Gasteiger partial charge in [-0.05, 0) is 32.1 Å². The van der Waals surface area contributed by atoms with E-state index in [4.69, 9.17) is 0 Å². The number of rotatable bonds is 4. The average molecular weight is 294 g/mol. The fourth-order valence-corrected chi connectivity index (χ4v) is 3.85. The van der Waals surface area contributed by atoms with E-state index in [-0.39, 0.29) is 23.9 Å². The Labute approximate surface area is 128 Å². The van der Waals surface area contributed by atoms with Crippen molar-refractivity contribution in [3.8, 4) is 0 Å². The molecule has 0 aromatic heterocycles. The highest BCUT2D eigenvalue weighted by Crippen LogP contribution is 2.35. The van der Waals surface area contributed by atoms with E-state index in [1.807, 2.05) is 11.8 Å². The molecule has 0 bridgehead atoms. The van der Waals surface area contributed by atoms with Gasteiger partial charge in [0.25, 0.3) is 0 Å². The lowest BCUT2D eigenvalue weighted by atomic mass is 9.77. The quantitative estimate of drug-likeness (QED) is 0.866. The molecule has 0 aromatic carbocycles. The molecule has 1 heterocycles. The number of hydrogen-bond donors (Lipinski definition) is 1. The first-order chi connectivity index (χ1) is 9.96. The summed E-state index contributed by atoms with van der Waals surface area (Å²) in [6, 6.07) is -0.175. The summed E-state index contributed by atoms with van der Waals surface area (Å²) in [6.07, 6.45) is 6.56. The highest BCUT2D eigenvalue weighted by Gasteiger charge is 2.52. The van der Waals surface area contributed by atoms with E-state index in [1.165, 1.54) is 6.42 Å². The molecule has 1 saturated heterocycles. The van der Waals surface area contributed by atoms with Crippen LogP contribution in [-0.2, 0) is 9.59 Å². The summed E-state index contributed by atoms with van der Waals surface area (Å²) < 4.78 is 0. The first-order valence-corrected chi connectivity index (χ1v) is 8.61. The molecule has 1 saturated carbocycles. The maximum atomic E-state index is 13.2. The van der Waals surface area contributed by atoms with E-state index >= 15 is 0 Å². The Kier molecular flexibility index (Phi) is 4.95. The van der Waals surface area contributed by atoms with E-state index in [2.05, 4.69) is 26.1 Å². The molecule has 4 nitrogen and oxygen atoms in total. The number of carbonyl (C=O) groups is 2. The van der Waals surface area contributed by atoms with E-state index in [0.29, 0.717) is 12.3 Å². The van der Waals surface area contributed by atoms with Crippen molar-refractivity contribution >= 4 is 11.8 Å². The van der Waals surface area contributed by atoms with E-state index in [0.717, 1.165) is 32.1 Å². The second-order valence-electron chi connectivity index (χ2n) is 6.89. The van der Waals surface area contributed by atoms with Crippen molar-refractivity contribution in [1.29, 1.82) is 0 Å². The van der Waals surface area contributed by atoms with E-state index in [1.54, 1.807) is 0 Å². The molecule has 21 heavy (non-hydrogen) atoms. The van der Waals surface area contributed by atoms with Crippen LogP contribution in [0.4, 0.5) is 0 Å². The number of nitrogens with one attached hydrogen (secondary N) is 1. The molecule has 1 N–H and O–H groups in total. The number of amides is 2. The van der Waals surface area contributed by atoms with Crippen LogP contribution in [-0.4, -0.2) is 34.3 Å². The second kappa shape index (κ2) is 6.37. The zero-order valence-electron chi connectivity index (χ0n) is 13.9. The monoisotopic (exact) mass is 294 g/mol. The minimum Gasteiger partial charge on any atom is -0.340 e. The van der Waals surface area contributed by atoms with Crippen LogP contribution in [0.15, 0.2) is 0 Å². The van der Waals surface area contributed by atoms with Crippen LogP contribution in [0, 0.1) is 5.92 Å². The fourth-order valence-electron chi connectivity index (χ4n) is 3.85. The molecule has 1 aliphatic heterocycles. The molecule has 1 spiro atoms. The summed E-state index contributed by atoms with van der Waals surface area (Å²) in [7, 11) is 0. The topological polar surface area (TPSA) is 49.4 Å². The standard InChI is InChI=1S/C17H30N2O2/c1-5-12(3)13(4)19-14(6-2)15(20)18-17(16(19)21)10-8-7-9-11-17/h12-14H,5-11H2,1-4H3,(H,18,20). The first-order valence-electron chi connectivity index (χ1n) is 8.61. The van der Waals surface area contributed by atoms with E-state index < -0.39 is 5.54 Å². The van der Waals surface area contributed by atoms with Crippen molar-refractivity contribution in [2.45, 2.75) is 90.3 Å². The Morgan fingerprint density at radius 1 is 1.19 bits per heavy atom. The molecule has 0 aromatic rings. The minimum absolute atomic E-state index is 0.0501. The predicted octanol–water partition coefficient (Wildman–Crippen LogP) is 2.86. The third-order valence-corrected chi connectivity index (χ3v) is 5.64. The molecule has 3 atom stereocenters. The Balaban J connectivity index is 2.32. The zero-order valence-corrected chi connectivity index (χ0v) is 13.9. The maximum Gasteiger partial charge on any atom is 0.249 e. The average Bonchev–Trinajstić information content (AvgIpc) is 2.50. The molecule has 0 radical (unpaired) electrons. The van der Waals surface area contributed by atoms with Gasteiger partial charge in [-0.15, -0.1) is 0 Å². The van der Waals surface area contributed by atoms with Crippen LogP contribution in [0.1, 0.15) is 72.6 Å². The highest BCUT2D eigenvalue weighted by molar-refractivity contribution is 6.00. The van der Waals surface area contributed by atoms with Crippen molar-refractivity contribution in [1.82, 2.24) is 10.2 Å². The largest absolute Gasteiger partial charge is 0.340 e. The molecule has 1 aliphatic carbocycles. The van der Waals surface area contributed by atoms with Crippen LogP contribution in [0.2, 0.25) is 0 Å². The van der Waals surface area contributed by atoms with Gasteiger partial charge < -0.3 is 10.2 Å². The summed E-state index contributed by atoms with van der Waals surface area (Å²) in [6.45, 7) is 8.41. The molecule has 4 heteroatoms. The van der Waals surface area contributed by atoms with E-state index in [9.17, 15) is 9.59 Å². The lowest BCUT2D eigenvalue weighted by molar-refractivity contribution is -0.160. The summed E-state index contributed by atoms with van der Waals surface area (Å²) in [5, 5.41) is 3.09. The molecule has 2 fully saturated rings.